The first-order chi connectivity index (χ1) is 9.63. The van der Waals surface area contributed by atoms with E-state index >= 15 is 0 Å². The Kier molecular flexibility index (Phi) is 4.11. The predicted molar refractivity (Wildman–Crippen MR) is 77.6 cm³/mol. The van der Waals surface area contributed by atoms with Crippen LogP contribution in [-0.4, -0.2) is 7.11 Å². The lowest BCUT2D eigenvalue weighted by Gasteiger charge is -2.12. The van der Waals surface area contributed by atoms with E-state index in [1.807, 2.05) is 25.1 Å². The van der Waals surface area contributed by atoms with Gasteiger partial charge in [-0.05, 0) is 42.8 Å². The molecule has 0 fully saturated rings. The van der Waals surface area contributed by atoms with E-state index in [1.165, 1.54) is 0 Å². The minimum Gasteiger partial charge on any atom is -0.496 e. The van der Waals surface area contributed by atoms with Crippen LogP contribution in [0.15, 0.2) is 36.4 Å². The van der Waals surface area contributed by atoms with Gasteiger partial charge < -0.3 is 15.2 Å². The van der Waals surface area contributed by atoms with Crippen molar-refractivity contribution >= 4 is 5.69 Å². The first-order valence-corrected chi connectivity index (χ1v) is 6.20. The summed E-state index contributed by atoms with van der Waals surface area (Å²) >= 11 is 0. The summed E-state index contributed by atoms with van der Waals surface area (Å²) in [5.74, 6) is 1.42. The molecular weight excluding hydrogens is 252 g/mol. The number of nitrogen functional groups attached to an aromatic ring is 1. The molecule has 4 heteroatoms. The third-order valence-corrected chi connectivity index (χ3v) is 3.00. The summed E-state index contributed by atoms with van der Waals surface area (Å²) in [6, 6.07) is 12.9. The first kappa shape index (κ1) is 13.8. The van der Waals surface area contributed by atoms with Crippen LogP contribution in [0.4, 0.5) is 5.69 Å². The lowest BCUT2D eigenvalue weighted by atomic mass is 10.1. The number of hydrogen-bond acceptors (Lipinski definition) is 4. The lowest BCUT2D eigenvalue weighted by Crippen LogP contribution is -2.01. The zero-order chi connectivity index (χ0) is 14.5. The van der Waals surface area contributed by atoms with Gasteiger partial charge in [-0.3, -0.25) is 0 Å². The molecule has 0 aromatic heterocycles. The molecule has 0 spiro atoms. The van der Waals surface area contributed by atoms with Crippen LogP contribution >= 0.6 is 0 Å². The van der Waals surface area contributed by atoms with Crippen molar-refractivity contribution in [3.8, 4) is 17.6 Å². The fourth-order valence-electron chi connectivity index (χ4n) is 1.89. The number of benzene rings is 2. The highest BCUT2D eigenvalue weighted by atomic mass is 16.5. The van der Waals surface area contributed by atoms with E-state index in [0.717, 1.165) is 16.9 Å². The summed E-state index contributed by atoms with van der Waals surface area (Å²) in [7, 11) is 1.61. The maximum atomic E-state index is 8.91. The summed E-state index contributed by atoms with van der Waals surface area (Å²) in [4.78, 5) is 0. The van der Waals surface area contributed by atoms with Crippen LogP contribution < -0.4 is 15.2 Å². The molecule has 0 atom stereocenters. The van der Waals surface area contributed by atoms with Gasteiger partial charge in [0.25, 0.3) is 0 Å². The van der Waals surface area contributed by atoms with Gasteiger partial charge in [-0.15, -0.1) is 0 Å². The van der Waals surface area contributed by atoms with Crippen LogP contribution in [0.3, 0.4) is 0 Å². The number of methoxy groups -OCH3 is 1. The van der Waals surface area contributed by atoms with Crippen LogP contribution in [-0.2, 0) is 6.61 Å². The molecule has 102 valence electrons. The Balaban J connectivity index is 2.21. The topological polar surface area (TPSA) is 68.3 Å². The van der Waals surface area contributed by atoms with Gasteiger partial charge in [0.1, 0.15) is 18.1 Å². The van der Waals surface area contributed by atoms with Gasteiger partial charge in [-0.1, -0.05) is 6.07 Å². The molecule has 0 amide bonds. The fourth-order valence-corrected chi connectivity index (χ4v) is 1.89. The van der Waals surface area contributed by atoms with Crippen molar-refractivity contribution in [3.05, 3.63) is 53.1 Å². The summed E-state index contributed by atoms with van der Waals surface area (Å²) in [6.45, 7) is 2.27. The first-order valence-electron chi connectivity index (χ1n) is 6.20. The molecule has 20 heavy (non-hydrogen) atoms. The molecule has 0 aliphatic heterocycles. The summed E-state index contributed by atoms with van der Waals surface area (Å²) in [5.41, 5.74) is 8.85. The van der Waals surface area contributed by atoms with Gasteiger partial charge in [0.2, 0.25) is 0 Å². The molecule has 0 aliphatic rings. The van der Waals surface area contributed by atoms with Gasteiger partial charge in [-0.2, -0.15) is 5.26 Å². The summed E-state index contributed by atoms with van der Waals surface area (Å²) < 4.78 is 11.1. The Bertz CT molecular complexity index is 658. The third kappa shape index (κ3) is 3.01. The van der Waals surface area contributed by atoms with E-state index in [2.05, 4.69) is 6.07 Å². The van der Waals surface area contributed by atoms with Crippen molar-refractivity contribution in [2.45, 2.75) is 13.5 Å². The Morgan fingerprint density at radius 3 is 2.65 bits per heavy atom. The Hall–Kier alpha value is -2.67. The number of hydrogen-bond donors (Lipinski definition) is 1. The van der Waals surface area contributed by atoms with Crippen molar-refractivity contribution in [3.63, 3.8) is 0 Å². The zero-order valence-corrected chi connectivity index (χ0v) is 11.5. The number of nitrogens with zero attached hydrogens (tertiary/aromatic N) is 1. The largest absolute Gasteiger partial charge is 0.496 e. The van der Waals surface area contributed by atoms with Crippen LogP contribution in [0.25, 0.3) is 0 Å². The van der Waals surface area contributed by atoms with Gasteiger partial charge in [0, 0.05) is 11.3 Å². The molecule has 2 N–H and O–H groups in total. The quantitative estimate of drug-likeness (QED) is 0.865. The second-order valence-corrected chi connectivity index (χ2v) is 4.45. The molecule has 2 aromatic rings. The van der Waals surface area contributed by atoms with Gasteiger partial charge in [-0.25, -0.2) is 0 Å². The third-order valence-electron chi connectivity index (χ3n) is 3.00. The van der Waals surface area contributed by atoms with Crippen molar-refractivity contribution in [1.29, 1.82) is 5.26 Å². The van der Waals surface area contributed by atoms with Gasteiger partial charge in [0.05, 0.1) is 18.7 Å². The highest BCUT2D eigenvalue weighted by Crippen LogP contribution is 2.25. The number of anilines is 1. The van der Waals surface area contributed by atoms with Crippen LogP contribution in [0.1, 0.15) is 16.7 Å². The van der Waals surface area contributed by atoms with Crippen LogP contribution in [0, 0.1) is 18.3 Å². The van der Waals surface area contributed by atoms with Crippen molar-refractivity contribution in [1.82, 2.24) is 0 Å². The van der Waals surface area contributed by atoms with Crippen molar-refractivity contribution in [2.24, 2.45) is 0 Å². The lowest BCUT2D eigenvalue weighted by molar-refractivity contribution is 0.295. The SMILES string of the molecule is COc1ccc(N)cc1COc1cc(C#N)ccc1C. The molecule has 0 heterocycles. The maximum absolute atomic E-state index is 8.91. The van der Waals surface area contributed by atoms with E-state index in [0.29, 0.717) is 23.6 Å². The normalized spacial score (nSPS) is 9.85. The molecule has 0 radical (unpaired) electrons. The molecule has 2 rings (SSSR count). The van der Waals surface area contributed by atoms with E-state index in [1.54, 1.807) is 25.3 Å². The van der Waals surface area contributed by atoms with E-state index in [4.69, 9.17) is 20.5 Å². The monoisotopic (exact) mass is 268 g/mol. The second-order valence-electron chi connectivity index (χ2n) is 4.45. The molecule has 2 aromatic carbocycles. The average molecular weight is 268 g/mol. The molecule has 4 nitrogen and oxygen atoms in total. The summed E-state index contributed by atoms with van der Waals surface area (Å²) in [5, 5.41) is 8.91. The van der Waals surface area contributed by atoms with Gasteiger partial charge >= 0.3 is 0 Å². The predicted octanol–water partition coefficient (Wildman–Crippen LogP) is 3.04. The Morgan fingerprint density at radius 2 is 1.95 bits per heavy atom. The minimum atomic E-state index is 0.337. The number of ether oxygens (including phenoxy) is 2. The number of nitriles is 1. The number of aryl methyl sites for hydroxylation is 1. The summed E-state index contributed by atoms with van der Waals surface area (Å²) in [6.07, 6.45) is 0. The highest BCUT2D eigenvalue weighted by Gasteiger charge is 2.07. The van der Waals surface area contributed by atoms with Gasteiger partial charge in [0.15, 0.2) is 0 Å². The molecule has 0 saturated carbocycles. The number of nitrogens with two attached hydrogens (primary N) is 1. The molecule has 0 aliphatic carbocycles. The average Bonchev–Trinajstić information content (AvgIpc) is 2.46. The van der Waals surface area contributed by atoms with E-state index in [9.17, 15) is 0 Å². The van der Waals surface area contributed by atoms with E-state index < -0.39 is 0 Å². The number of rotatable bonds is 4. The minimum absolute atomic E-state index is 0.337. The second kappa shape index (κ2) is 5.98. The van der Waals surface area contributed by atoms with E-state index in [-0.39, 0.29) is 0 Å². The molecule has 0 saturated heterocycles. The van der Waals surface area contributed by atoms with Crippen molar-refractivity contribution in [2.75, 3.05) is 12.8 Å². The highest BCUT2D eigenvalue weighted by molar-refractivity contribution is 5.48. The molecule has 0 unspecified atom stereocenters. The maximum Gasteiger partial charge on any atom is 0.125 e. The van der Waals surface area contributed by atoms with Crippen molar-refractivity contribution < 1.29 is 9.47 Å². The van der Waals surface area contributed by atoms with Crippen LogP contribution in [0.2, 0.25) is 0 Å². The molecular formula is C16H16N2O2. The standard InChI is InChI=1S/C16H16N2O2/c1-11-3-4-12(9-17)7-16(11)20-10-13-8-14(18)5-6-15(13)19-2/h3-8H,10,18H2,1-2H3. The Labute approximate surface area is 118 Å². The van der Waals surface area contributed by atoms with Crippen LogP contribution in [0.5, 0.6) is 11.5 Å². The smallest absolute Gasteiger partial charge is 0.125 e. The Morgan fingerprint density at radius 1 is 1.15 bits per heavy atom. The fraction of sp³-hybridized carbons (Fsp3) is 0.188. The molecule has 0 bridgehead atoms. The zero-order valence-electron chi connectivity index (χ0n) is 11.5.